The maximum atomic E-state index is 10.8. The summed E-state index contributed by atoms with van der Waals surface area (Å²) in [6.07, 6.45) is -4.49. The van der Waals surface area contributed by atoms with Crippen molar-refractivity contribution < 1.29 is 28.8 Å². The lowest BCUT2D eigenvalue weighted by atomic mass is 9.99. The number of halogens is 1. The Hall–Kier alpha value is -0.323. The molecule has 0 radical (unpaired) electrons. The average molecular weight is 477 g/mol. The third-order valence-corrected chi connectivity index (χ3v) is 10.7. The van der Waals surface area contributed by atoms with E-state index in [1.807, 2.05) is 24.3 Å². The van der Waals surface area contributed by atoms with Crippen molar-refractivity contribution in [3.05, 3.63) is 34.3 Å². The first-order valence-corrected chi connectivity index (χ1v) is 13.2. The number of aliphatic hydroxyl groups excluding tert-OH is 2. The maximum absolute atomic E-state index is 10.8. The number of methoxy groups -OCH3 is 1. The van der Waals surface area contributed by atoms with E-state index >= 15 is 0 Å². The van der Waals surface area contributed by atoms with Crippen LogP contribution < -0.4 is 0 Å². The summed E-state index contributed by atoms with van der Waals surface area (Å²) in [6.45, 7) is 11.2. The van der Waals surface area contributed by atoms with Crippen LogP contribution in [0.4, 0.5) is 0 Å². The van der Waals surface area contributed by atoms with Crippen LogP contribution in [-0.2, 0) is 25.2 Å². The fourth-order valence-electron chi connectivity index (χ4n) is 2.71. The molecule has 1 aromatic carbocycles. The summed E-state index contributed by atoms with van der Waals surface area (Å²) in [5.74, 6) is 0. The molecule has 0 spiro atoms. The summed E-state index contributed by atoms with van der Waals surface area (Å²) in [5, 5.41) is 21.4. The van der Waals surface area contributed by atoms with Crippen molar-refractivity contribution in [2.75, 3.05) is 13.7 Å². The van der Waals surface area contributed by atoms with Crippen LogP contribution in [0.5, 0.6) is 0 Å². The van der Waals surface area contributed by atoms with Gasteiger partial charge in [-0.05, 0) is 35.8 Å². The average Bonchev–Trinajstić information content (AvgIpc) is 2.61. The Kier molecular flexibility index (Phi) is 8.26. The third-order valence-electron chi connectivity index (χ3n) is 5.64. The zero-order chi connectivity index (χ0) is 21.1. The van der Waals surface area contributed by atoms with Gasteiger partial charge in [-0.25, -0.2) is 0 Å². The summed E-state index contributed by atoms with van der Waals surface area (Å²) in [5.41, 5.74) is 0.942. The molecule has 0 bridgehead atoms. The van der Waals surface area contributed by atoms with Crippen LogP contribution >= 0.6 is 15.9 Å². The van der Waals surface area contributed by atoms with Gasteiger partial charge in [0.1, 0.15) is 24.4 Å². The summed E-state index contributed by atoms with van der Waals surface area (Å²) in [4.78, 5) is 0. The van der Waals surface area contributed by atoms with Gasteiger partial charge in [-0.3, -0.25) is 0 Å². The van der Waals surface area contributed by atoms with E-state index in [4.69, 9.17) is 18.6 Å². The molecular weight excluding hydrogens is 444 g/mol. The molecule has 1 saturated heterocycles. The smallest absolute Gasteiger partial charge is 0.192 e. The highest BCUT2D eigenvalue weighted by atomic mass is 79.9. The fraction of sp³-hybridized carbons (Fsp3) is 0.700. The Bertz CT molecular complexity index is 618. The fourth-order valence-corrected chi connectivity index (χ4v) is 3.99. The first kappa shape index (κ1) is 24.0. The topological polar surface area (TPSA) is 77.4 Å². The van der Waals surface area contributed by atoms with Crippen LogP contribution in [0.2, 0.25) is 18.1 Å². The molecule has 1 aromatic rings. The van der Waals surface area contributed by atoms with Crippen LogP contribution in [-0.4, -0.2) is 63.0 Å². The van der Waals surface area contributed by atoms with Crippen molar-refractivity contribution in [2.24, 2.45) is 0 Å². The van der Waals surface area contributed by atoms with E-state index in [1.54, 1.807) is 0 Å². The van der Waals surface area contributed by atoms with E-state index in [-0.39, 0.29) is 18.3 Å². The number of hydrogen-bond donors (Lipinski definition) is 2. The van der Waals surface area contributed by atoms with Crippen LogP contribution in [0, 0.1) is 0 Å². The highest BCUT2D eigenvalue weighted by Crippen LogP contribution is 2.37. The molecular formula is C20H33BrO6Si. The molecule has 2 N–H and O–H groups in total. The monoisotopic (exact) mass is 476 g/mol. The Morgan fingerprint density at radius 3 is 2.25 bits per heavy atom. The Morgan fingerprint density at radius 2 is 1.71 bits per heavy atom. The van der Waals surface area contributed by atoms with Crippen LogP contribution in [0.25, 0.3) is 0 Å². The highest BCUT2D eigenvalue weighted by Gasteiger charge is 2.47. The van der Waals surface area contributed by atoms with Crippen molar-refractivity contribution in [1.29, 1.82) is 0 Å². The van der Waals surface area contributed by atoms with Gasteiger partial charge in [0.05, 0.1) is 13.2 Å². The summed E-state index contributed by atoms with van der Waals surface area (Å²) >= 11 is 3.40. The van der Waals surface area contributed by atoms with Gasteiger partial charge in [-0.2, -0.15) is 0 Å². The lowest BCUT2D eigenvalue weighted by Gasteiger charge is -2.43. The molecule has 5 atom stereocenters. The second kappa shape index (κ2) is 9.66. The van der Waals surface area contributed by atoms with Gasteiger partial charge in [-0.15, -0.1) is 0 Å². The Labute approximate surface area is 177 Å². The third kappa shape index (κ3) is 5.86. The SMILES string of the molecule is CO[C@@H]1O[C@H](CO[Si](C)(C)C(C)(C)C)[C@H](O)[C@H](OCc2ccc(Br)cc2)[C@H]1O. The lowest BCUT2D eigenvalue weighted by Crippen LogP contribution is -2.60. The minimum absolute atomic E-state index is 0.0459. The number of hydrogen-bond acceptors (Lipinski definition) is 6. The molecule has 1 heterocycles. The molecule has 2 rings (SSSR count). The predicted molar refractivity (Wildman–Crippen MR) is 114 cm³/mol. The van der Waals surface area contributed by atoms with Gasteiger partial charge in [-0.1, -0.05) is 48.8 Å². The van der Waals surface area contributed by atoms with Gasteiger partial charge in [0, 0.05) is 11.6 Å². The van der Waals surface area contributed by atoms with Crippen molar-refractivity contribution in [3.63, 3.8) is 0 Å². The zero-order valence-corrected chi connectivity index (χ0v) is 20.1. The molecule has 0 aliphatic carbocycles. The number of rotatable bonds is 7. The van der Waals surface area contributed by atoms with Gasteiger partial charge in [0.25, 0.3) is 0 Å². The normalized spacial score (nSPS) is 29.1. The predicted octanol–water partition coefficient (Wildman–Crippen LogP) is 3.45. The second-order valence-corrected chi connectivity index (χ2v) is 14.5. The first-order chi connectivity index (χ1) is 13.0. The van der Waals surface area contributed by atoms with E-state index < -0.39 is 39.0 Å². The molecule has 1 fully saturated rings. The minimum atomic E-state index is -2.01. The van der Waals surface area contributed by atoms with Crippen molar-refractivity contribution in [2.45, 2.75) is 76.2 Å². The molecule has 8 heteroatoms. The molecule has 28 heavy (non-hydrogen) atoms. The van der Waals surface area contributed by atoms with E-state index in [9.17, 15) is 10.2 Å². The van der Waals surface area contributed by atoms with Crippen molar-refractivity contribution in [1.82, 2.24) is 0 Å². The summed E-state index contributed by atoms with van der Waals surface area (Å²) in [6, 6.07) is 7.69. The molecule has 0 amide bonds. The van der Waals surface area contributed by atoms with Crippen LogP contribution in [0.15, 0.2) is 28.7 Å². The molecule has 0 unspecified atom stereocenters. The largest absolute Gasteiger partial charge is 0.414 e. The lowest BCUT2D eigenvalue weighted by molar-refractivity contribution is -0.302. The second-order valence-electron chi connectivity index (χ2n) is 8.73. The highest BCUT2D eigenvalue weighted by molar-refractivity contribution is 9.10. The van der Waals surface area contributed by atoms with Crippen LogP contribution in [0.3, 0.4) is 0 Å². The quantitative estimate of drug-likeness (QED) is 0.586. The van der Waals surface area contributed by atoms with Gasteiger partial charge >= 0.3 is 0 Å². The molecule has 1 aliphatic heterocycles. The summed E-state index contributed by atoms with van der Waals surface area (Å²) < 4.78 is 24.1. The zero-order valence-electron chi connectivity index (χ0n) is 17.5. The van der Waals surface area contributed by atoms with Gasteiger partial charge in [0.15, 0.2) is 14.6 Å². The van der Waals surface area contributed by atoms with Gasteiger partial charge in [0.2, 0.25) is 0 Å². The molecule has 0 aromatic heterocycles. The first-order valence-electron chi connectivity index (χ1n) is 9.50. The number of benzene rings is 1. The molecule has 0 saturated carbocycles. The Morgan fingerprint density at radius 1 is 1.11 bits per heavy atom. The van der Waals surface area contributed by atoms with Crippen LogP contribution in [0.1, 0.15) is 26.3 Å². The van der Waals surface area contributed by atoms with E-state index in [1.165, 1.54) is 7.11 Å². The molecule has 1 aliphatic rings. The van der Waals surface area contributed by atoms with Crippen molar-refractivity contribution >= 4 is 24.2 Å². The summed E-state index contributed by atoms with van der Waals surface area (Å²) in [7, 11) is -0.544. The standard InChI is InChI=1S/C20H33BrO6Si/c1-20(2,3)28(5,6)26-12-15-16(22)18(17(23)19(24-4)27-15)25-11-13-7-9-14(21)10-8-13/h7-10,15-19,22-23H,11-12H2,1-6H3/t15-,16+,17-,18+,19-/m1/s1. The minimum Gasteiger partial charge on any atom is -0.414 e. The Balaban J connectivity index is 2.06. The molecule has 6 nitrogen and oxygen atoms in total. The van der Waals surface area contributed by atoms with E-state index in [0.717, 1.165) is 10.0 Å². The van der Waals surface area contributed by atoms with E-state index in [0.29, 0.717) is 0 Å². The maximum Gasteiger partial charge on any atom is 0.192 e. The van der Waals surface area contributed by atoms with Gasteiger partial charge < -0.3 is 28.8 Å². The molecule has 160 valence electrons. The number of ether oxygens (including phenoxy) is 3. The number of aliphatic hydroxyl groups is 2. The van der Waals surface area contributed by atoms with Crippen molar-refractivity contribution in [3.8, 4) is 0 Å². The van der Waals surface area contributed by atoms with E-state index in [2.05, 4.69) is 49.8 Å².